The lowest BCUT2D eigenvalue weighted by molar-refractivity contribution is -0.175. The minimum absolute atomic E-state index is 1.12. The minimum Gasteiger partial charge on any atom is -0.478 e. The van der Waals surface area contributed by atoms with Crippen molar-refractivity contribution in [1.29, 1.82) is 0 Å². The molecule has 0 spiro atoms. The smallest absolute Gasteiger partial charge is 0.354 e. The van der Waals surface area contributed by atoms with Crippen LogP contribution < -0.4 is 5.73 Å². The number of aliphatic hydroxyl groups excluding tert-OH is 3. The second-order valence-corrected chi connectivity index (χ2v) is 3.36. The zero-order chi connectivity index (χ0) is 11.1. The molecule has 0 aliphatic carbocycles. The van der Waals surface area contributed by atoms with Crippen LogP contribution in [0.5, 0.6) is 0 Å². The lowest BCUT2D eigenvalue weighted by Crippen LogP contribution is -2.57. The van der Waals surface area contributed by atoms with Crippen molar-refractivity contribution in [3.8, 4) is 0 Å². The second-order valence-electron chi connectivity index (χ2n) is 3.36. The molecular weight excluding hydrogens is 194 g/mol. The standard InChI is InChI=1S/C7H13NO6/c1-2(9)4-3(10)5(11)7(8,14-4)6(12)13/h2-5,9-11H,8H2,1H3,(H,12,13)/t2-,3?,4+,5?,7?/m0/s1. The normalized spacial score (nSPS) is 45.1. The maximum atomic E-state index is 10.6. The Balaban J connectivity index is 2.91. The van der Waals surface area contributed by atoms with Crippen LogP contribution in [0.3, 0.4) is 0 Å². The van der Waals surface area contributed by atoms with Crippen molar-refractivity contribution in [3.05, 3.63) is 0 Å². The van der Waals surface area contributed by atoms with E-state index in [9.17, 15) is 15.0 Å². The second kappa shape index (κ2) is 3.44. The Bertz CT molecular complexity index is 244. The zero-order valence-electron chi connectivity index (χ0n) is 7.49. The van der Waals surface area contributed by atoms with Crippen LogP contribution in [0.25, 0.3) is 0 Å². The number of aliphatic carboxylic acids is 1. The quantitative estimate of drug-likeness (QED) is 0.331. The monoisotopic (exact) mass is 207 g/mol. The van der Waals surface area contributed by atoms with Gasteiger partial charge in [0.1, 0.15) is 18.3 Å². The van der Waals surface area contributed by atoms with Crippen LogP contribution in [-0.2, 0) is 9.53 Å². The fraction of sp³-hybridized carbons (Fsp3) is 0.857. The molecule has 6 N–H and O–H groups in total. The van der Waals surface area contributed by atoms with Crippen LogP contribution >= 0.6 is 0 Å². The molecule has 0 aromatic rings. The predicted molar refractivity (Wildman–Crippen MR) is 43.1 cm³/mol. The van der Waals surface area contributed by atoms with Crippen molar-refractivity contribution >= 4 is 5.97 Å². The number of carboxylic acids is 1. The lowest BCUT2D eigenvalue weighted by Gasteiger charge is -2.22. The van der Waals surface area contributed by atoms with E-state index in [4.69, 9.17) is 20.7 Å². The lowest BCUT2D eigenvalue weighted by atomic mass is 10.0. The van der Waals surface area contributed by atoms with Gasteiger partial charge in [-0.05, 0) is 6.92 Å². The SMILES string of the molecule is C[C@H](O)[C@H]1OC(N)(C(=O)O)C(O)C1O. The largest absolute Gasteiger partial charge is 0.478 e. The van der Waals surface area contributed by atoms with Gasteiger partial charge in [-0.2, -0.15) is 0 Å². The summed E-state index contributed by atoms with van der Waals surface area (Å²) in [6, 6.07) is 0. The maximum Gasteiger partial charge on any atom is 0.354 e. The van der Waals surface area contributed by atoms with E-state index in [1.54, 1.807) is 0 Å². The first-order valence-electron chi connectivity index (χ1n) is 4.05. The first-order valence-corrected chi connectivity index (χ1v) is 4.05. The van der Waals surface area contributed by atoms with Gasteiger partial charge in [-0.1, -0.05) is 0 Å². The Labute approximate surface area is 79.7 Å². The number of aliphatic hydroxyl groups is 3. The van der Waals surface area contributed by atoms with Crippen LogP contribution in [-0.4, -0.2) is 56.5 Å². The van der Waals surface area contributed by atoms with E-state index in [0.717, 1.165) is 0 Å². The van der Waals surface area contributed by atoms with Gasteiger partial charge in [0.15, 0.2) is 0 Å². The molecule has 0 saturated carbocycles. The van der Waals surface area contributed by atoms with Crippen molar-refractivity contribution in [3.63, 3.8) is 0 Å². The predicted octanol–water partition coefficient (Wildman–Crippen LogP) is -2.77. The van der Waals surface area contributed by atoms with E-state index in [1.807, 2.05) is 0 Å². The molecular formula is C7H13NO6. The van der Waals surface area contributed by atoms with Gasteiger partial charge in [-0.3, -0.25) is 5.73 Å². The van der Waals surface area contributed by atoms with Crippen LogP contribution in [0.1, 0.15) is 6.92 Å². The summed E-state index contributed by atoms with van der Waals surface area (Å²) in [6.07, 6.45) is -5.61. The third kappa shape index (κ3) is 1.49. The molecule has 1 saturated heterocycles. The molecule has 1 rings (SSSR count). The molecule has 0 aromatic heterocycles. The first kappa shape index (κ1) is 11.3. The molecule has 1 aliphatic heterocycles. The number of hydrogen-bond acceptors (Lipinski definition) is 6. The minimum atomic E-state index is -2.36. The Morgan fingerprint density at radius 2 is 2.07 bits per heavy atom. The van der Waals surface area contributed by atoms with E-state index in [-0.39, 0.29) is 0 Å². The fourth-order valence-electron chi connectivity index (χ4n) is 1.36. The molecule has 1 heterocycles. The van der Waals surface area contributed by atoms with Gasteiger partial charge in [-0.25, -0.2) is 4.79 Å². The van der Waals surface area contributed by atoms with Crippen molar-refractivity contribution in [1.82, 2.24) is 0 Å². The summed E-state index contributed by atoms with van der Waals surface area (Å²) in [5.41, 5.74) is 2.86. The number of nitrogens with two attached hydrogens (primary N) is 1. The zero-order valence-corrected chi connectivity index (χ0v) is 7.49. The Morgan fingerprint density at radius 3 is 2.29 bits per heavy atom. The van der Waals surface area contributed by atoms with E-state index in [2.05, 4.69) is 0 Å². The van der Waals surface area contributed by atoms with Crippen molar-refractivity contribution in [2.75, 3.05) is 0 Å². The van der Waals surface area contributed by atoms with Crippen LogP contribution in [0.2, 0.25) is 0 Å². The summed E-state index contributed by atoms with van der Waals surface area (Å²) in [6.45, 7) is 1.30. The first-order chi connectivity index (χ1) is 6.30. The van der Waals surface area contributed by atoms with Gasteiger partial charge >= 0.3 is 5.97 Å². The van der Waals surface area contributed by atoms with Crippen LogP contribution in [0, 0.1) is 0 Å². The molecule has 14 heavy (non-hydrogen) atoms. The molecule has 0 radical (unpaired) electrons. The molecule has 82 valence electrons. The van der Waals surface area contributed by atoms with Crippen molar-refractivity contribution < 1.29 is 30.0 Å². The van der Waals surface area contributed by atoms with Gasteiger partial charge in [0.05, 0.1) is 6.10 Å². The fourth-order valence-corrected chi connectivity index (χ4v) is 1.36. The average Bonchev–Trinajstić information content (AvgIpc) is 2.31. The average molecular weight is 207 g/mol. The molecule has 0 aromatic carbocycles. The number of rotatable bonds is 2. The van der Waals surface area contributed by atoms with Gasteiger partial charge in [-0.15, -0.1) is 0 Å². The van der Waals surface area contributed by atoms with Crippen LogP contribution in [0.4, 0.5) is 0 Å². The molecule has 1 fully saturated rings. The summed E-state index contributed by atoms with van der Waals surface area (Å²) < 4.78 is 4.72. The third-order valence-corrected chi connectivity index (χ3v) is 2.24. The van der Waals surface area contributed by atoms with E-state index in [0.29, 0.717) is 0 Å². The van der Waals surface area contributed by atoms with E-state index in [1.165, 1.54) is 6.92 Å². The van der Waals surface area contributed by atoms with Crippen molar-refractivity contribution in [2.24, 2.45) is 5.73 Å². The topological polar surface area (TPSA) is 133 Å². The molecule has 7 heteroatoms. The van der Waals surface area contributed by atoms with Gasteiger partial charge < -0.3 is 25.2 Å². The summed E-state index contributed by atoms with van der Waals surface area (Å²) in [5, 5.41) is 36.4. The summed E-state index contributed by atoms with van der Waals surface area (Å²) in [7, 11) is 0. The van der Waals surface area contributed by atoms with Crippen molar-refractivity contribution in [2.45, 2.75) is 37.1 Å². The van der Waals surface area contributed by atoms with Gasteiger partial charge in [0, 0.05) is 0 Å². The molecule has 5 atom stereocenters. The number of hydrogen-bond donors (Lipinski definition) is 5. The highest BCUT2D eigenvalue weighted by Crippen LogP contribution is 2.29. The number of ether oxygens (including phenoxy) is 1. The van der Waals surface area contributed by atoms with Gasteiger partial charge in [0.2, 0.25) is 5.72 Å². The Morgan fingerprint density at radius 1 is 1.57 bits per heavy atom. The molecule has 3 unspecified atom stereocenters. The Hall–Kier alpha value is -0.730. The van der Waals surface area contributed by atoms with E-state index < -0.39 is 36.1 Å². The van der Waals surface area contributed by atoms with Gasteiger partial charge in [0.25, 0.3) is 0 Å². The third-order valence-electron chi connectivity index (χ3n) is 2.24. The number of carbonyl (C=O) groups is 1. The van der Waals surface area contributed by atoms with E-state index >= 15 is 0 Å². The Kier molecular flexibility index (Phi) is 2.79. The molecule has 0 bridgehead atoms. The van der Waals surface area contributed by atoms with Crippen LogP contribution in [0.15, 0.2) is 0 Å². The highest BCUT2D eigenvalue weighted by molar-refractivity contribution is 5.78. The maximum absolute atomic E-state index is 10.6. The highest BCUT2D eigenvalue weighted by atomic mass is 16.6. The molecule has 7 nitrogen and oxygen atoms in total. The summed E-state index contributed by atoms with van der Waals surface area (Å²) >= 11 is 0. The molecule has 1 aliphatic rings. The number of carboxylic acid groups (broad SMARTS) is 1. The molecule has 0 amide bonds. The highest BCUT2D eigenvalue weighted by Gasteiger charge is 2.58. The summed E-state index contributed by atoms with van der Waals surface area (Å²) in [4.78, 5) is 10.6. The summed E-state index contributed by atoms with van der Waals surface area (Å²) in [5.74, 6) is -1.59.